The van der Waals surface area contributed by atoms with Gasteiger partial charge in [-0.2, -0.15) is 0 Å². The number of aryl methyl sites for hydroxylation is 2. The van der Waals surface area contributed by atoms with Crippen LogP contribution in [-0.2, 0) is 4.79 Å². The Kier molecular flexibility index (Phi) is 8.55. The number of carbonyl (C=O) groups is 1. The number of amides is 1. The molecule has 0 heterocycles. The molecule has 0 radical (unpaired) electrons. The predicted molar refractivity (Wildman–Crippen MR) is 117 cm³/mol. The third-order valence-electron chi connectivity index (χ3n) is 4.68. The lowest BCUT2D eigenvalue weighted by Gasteiger charge is -2.20. The number of aliphatic hydroxyl groups is 1. The SMILES string of the molecule is Cc1cccc(C)c1OCC(=O)N=C(c1ccccc1)[C@@H](O)C[C@@H](N)CC(C)C. The van der Waals surface area contributed by atoms with Crippen molar-refractivity contribution < 1.29 is 14.6 Å². The zero-order valence-corrected chi connectivity index (χ0v) is 17.8. The molecule has 1 amide bonds. The Balaban J connectivity index is 2.17. The van der Waals surface area contributed by atoms with Crippen molar-refractivity contribution >= 4 is 11.6 Å². The van der Waals surface area contributed by atoms with Crippen LogP contribution in [0.4, 0.5) is 0 Å². The zero-order valence-electron chi connectivity index (χ0n) is 17.8. The number of aliphatic imine (C=N–C) groups is 1. The molecule has 0 fully saturated rings. The fourth-order valence-corrected chi connectivity index (χ4v) is 3.37. The van der Waals surface area contributed by atoms with Gasteiger partial charge in [0.05, 0.1) is 11.8 Å². The third-order valence-corrected chi connectivity index (χ3v) is 4.68. The van der Waals surface area contributed by atoms with Crippen molar-refractivity contribution in [1.29, 1.82) is 0 Å². The van der Waals surface area contributed by atoms with Gasteiger partial charge < -0.3 is 15.6 Å². The largest absolute Gasteiger partial charge is 0.483 e. The fraction of sp³-hybridized carbons (Fsp3) is 0.417. The summed E-state index contributed by atoms with van der Waals surface area (Å²) >= 11 is 0. The van der Waals surface area contributed by atoms with Gasteiger partial charge >= 0.3 is 0 Å². The number of rotatable bonds is 9. The summed E-state index contributed by atoms with van der Waals surface area (Å²) in [7, 11) is 0. The van der Waals surface area contributed by atoms with Crippen molar-refractivity contribution in [3.8, 4) is 5.75 Å². The molecule has 29 heavy (non-hydrogen) atoms. The second kappa shape index (κ2) is 10.9. The first kappa shape index (κ1) is 22.8. The third kappa shape index (κ3) is 7.11. The van der Waals surface area contributed by atoms with E-state index >= 15 is 0 Å². The topological polar surface area (TPSA) is 84.9 Å². The first-order chi connectivity index (χ1) is 13.8. The molecular weight excluding hydrogens is 364 g/mol. The molecule has 0 aliphatic heterocycles. The molecule has 2 atom stereocenters. The van der Waals surface area contributed by atoms with Crippen LogP contribution in [0.15, 0.2) is 53.5 Å². The molecule has 0 spiro atoms. The van der Waals surface area contributed by atoms with Crippen LogP contribution < -0.4 is 10.5 Å². The van der Waals surface area contributed by atoms with Gasteiger partial charge in [-0.1, -0.05) is 62.4 Å². The molecule has 0 saturated heterocycles. The lowest BCUT2D eigenvalue weighted by atomic mass is 9.95. The highest BCUT2D eigenvalue weighted by molar-refractivity contribution is 6.09. The number of benzene rings is 2. The average Bonchev–Trinajstić information content (AvgIpc) is 2.65. The van der Waals surface area contributed by atoms with E-state index in [1.54, 1.807) is 0 Å². The number of nitrogens with two attached hydrogens (primary N) is 1. The number of hydrogen-bond acceptors (Lipinski definition) is 4. The van der Waals surface area contributed by atoms with E-state index in [2.05, 4.69) is 18.8 Å². The first-order valence-electron chi connectivity index (χ1n) is 10.1. The molecule has 0 bridgehead atoms. The molecule has 0 saturated carbocycles. The normalized spacial score (nSPS) is 14.0. The Morgan fingerprint density at radius 3 is 2.24 bits per heavy atom. The van der Waals surface area contributed by atoms with Gasteiger partial charge in [0.1, 0.15) is 5.75 Å². The van der Waals surface area contributed by atoms with E-state index in [1.165, 1.54) is 0 Å². The van der Waals surface area contributed by atoms with E-state index in [4.69, 9.17) is 10.5 Å². The smallest absolute Gasteiger partial charge is 0.283 e. The van der Waals surface area contributed by atoms with E-state index in [9.17, 15) is 9.90 Å². The van der Waals surface area contributed by atoms with Gasteiger partial charge in [-0.05, 0) is 49.3 Å². The molecule has 0 aliphatic carbocycles. The molecule has 0 aliphatic rings. The summed E-state index contributed by atoms with van der Waals surface area (Å²) in [5.41, 5.74) is 9.13. The number of carbonyl (C=O) groups excluding carboxylic acids is 1. The number of para-hydroxylation sites is 1. The van der Waals surface area contributed by atoms with Gasteiger partial charge in [-0.3, -0.25) is 4.79 Å². The minimum absolute atomic E-state index is 0.167. The summed E-state index contributed by atoms with van der Waals surface area (Å²) in [6.45, 7) is 7.86. The van der Waals surface area contributed by atoms with Crippen molar-refractivity contribution in [2.75, 3.05) is 6.61 Å². The number of ether oxygens (including phenoxy) is 1. The number of aliphatic hydroxyl groups excluding tert-OH is 1. The predicted octanol–water partition coefficient (Wildman–Crippen LogP) is 3.82. The summed E-state index contributed by atoms with van der Waals surface area (Å²) < 4.78 is 5.72. The van der Waals surface area contributed by atoms with E-state index in [1.807, 2.05) is 62.4 Å². The molecule has 0 aromatic heterocycles. The van der Waals surface area contributed by atoms with E-state index in [0.717, 1.165) is 17.5 Å². The van der Waals surface area contributed by atoms with Gasteiger partial charge in [0.15, 0.2) is 6.61 Å². The molecule has 0 unspecified atom stereocenters. The van der Waals surface area contributed by atoms with Crippen LogP contribution in [0.3, 0.4) is 0 Å². The van der Waals surface area contributed by atoms with Crippen LogP contribution in [-0.4, -0.2) is 35.5 Å². The van der Waals surface area contributed by atoms with E-state index < -0.39 is 12.0 Å². The van der Waals surface area contributed by atoms with Crippen molar-refractivity contribution in [2.24, 2.45) is 16.6 Å². The maximum Gasteiger partial charge on any atom is 0.283 e. The molecule has 3 N–H and O–H groups in total. The Bertz CT molecular complexity index is 811. The van der Waals surface area contributed by atoms with Gasteiger partial charge in [0.25, 0.3) is 5.91 Å². The van der Waals surface area contributed by atoms with Crippen LogP contribution in [0.25, 0.3) is 0 Å². The summed E-state index contributed by atoms with van der Waals surface area (Å²) in [4.78, 5) is 16.7. The zero-order chi connectivity index (χ0) is 21.4. The summed E-state index contributed by atoms with van der Waals surface area (Å²) in [5.74, 6) is 0.682. The van der Waals surface area contributed by atoms with Gasteiger partial charge in [-0.25, -0.2) is 4.99 Å². The Morgan fingerprint density at radius 2 is 1.66 bits per heavy atom. The second-order valence-electron chi connectivity index (χ2n) is 7.91. The van der Waals surface area contributed by atoms with Crippen molar-refractivity contribution in [3.63, 3.8) is 0 Å². The monoisotopic (exact) mass is 396 g/mol. The molecular formula is C24H32N2O3. The van der Waals surface area contributed by atoms with Crippen molar-refractivity contribution in [2.45, 2.75) is 52.7 Å². The maximum atomic E-state index is 12.5. The van der Waals surface area contributed by atoms with Gasteiger partial charge in [0, 0.05) is 6.04 Å². The van der Waals surface area contributed by atoms with Crippen molar-refractivity contribution in [1.82, 2.24) is 0 Å². The quantitative estimate of drug-likeness (QED) is 0.631. The molecule has 5 nitrogen and oxygen atoms in total. The highest BCUT2D eigenvalue weighted by Crippen LogP contribution is 2.22. The summed E-state index contributed by atoms with van der Waals surface area (Å²) in [6, 6.07) is 14.9. The Labute approximate surface area is 173 Å². The molecule has 2 rings (SSSR count). The lowest BCUT2D eigenvalue weighted by Crippen LogP contribution is -2.33. The minimum Gasteiger partial charge on any atom is -0.483 e. The molecule has 5 heteroatoms. The van der Waals surface area contributed by atoms with Crippen molar-refractivity contribution in [3.05, 3.63) is 65.2 Å². The Hall–Kier alpha value is -2.50. The average molecular weight is 397 g/mol. The fourth-order valence-electron chi connectivity index (χ4n) is 3.37. The number of hydrogen-bond donors (Lipinski definition) is 2. The number of nitrogens with zero attached hydrogens (tertiary/aromatic N) is 1. The highest BCUT2D eigenvalue weighted by atomic mass is 16.5. The van der Waals surface area contributed by atoms with E-state index in [-0.39, 0.29) is 12.6 Å². The maximum absolute atomic E-state index is 12.5. The molecule has 156 valence electrons. The van der Waals surface area contributed by atoms with Crippen LogP contribution in [0.5, 0.6) is 5.75 Å². The first-order valence-corrected chi connectivity index (χ1v) is 10.1. The van der Waals surface area contributed by atoms with E-state index in [0.29, 0.717) is 29.4 Å². The minimum atomic E-state index is -0.921. The summed E-state index contributed by atoms with van der Waals surface area (Å²) in [5, 5.41) is 10.8. The van der Waals surface area contributed by atoms with Crippen LogP contribution >= 0.6 is 0 Å². The van der Waals surface area contributed by atoms with Crippen LogP contribution in [0.1, 0.15) is 43.4 Å². The van der Waals surface area contributed by atoms with Crippen LogP contribution in [0.2, 0.25) is 0 Å². The Morgan fingerprint density at radius 1 is 1.03 bits per heavy atom. The molecule has 2 aromatic rings. The summed E-state index contributed by atoms with van der Waals surface area (Å²) in [6.07, 6.45) is 0.218. The highest BCUT2D eigenvalue weighted by Gasteiger charge is 2.20. The van der Waals surface area contributed by atoms with Gasteiger partial charge in [-0.15, -0.1) is 0 Å². The van der Waals surface area contributed by atoms with Crippen LogP contribution in [0, 0.1) is 19.8 Å². The standard InChI is InChI=1S/C24H32N2O3/c1-16(2)13-20(25)14-21(27)23(19-11-6-5-7-12-19)26-22(28)15-29-24-17(3)9-8-10-18(24)4/h5-12,16,20-21,27H,13-15,25H2,1-4H3/t20-,21-/m0/s1. The lowest BCUT2D eigenvalue weighted by molar-refractivity contribution is -0.119. The second-order valence-corrected chi connectivity index (χ2v) is 7.91. The van der Waals surface area contributed by atoms with Gasteiger partial charge in [0.2, 0.25) is 0 Å². The molecule has 2 aromatic carbocycles.